The Balaban J connectivity index is 1.83. The molecule has 3 aromatic rings. The molecular weight excluding hydrogens is 380 g/mol. The third kappa shape index (κ3) is 3.91. The molecule has 3 rings (SSSR count). The van der Waals surface area contributed by atoms with Crippen LogP contribution in [0.1, 0.15) is 54.9 Å². The maximum Gasteiger partial charge on any atom is 0.339 e. The number of ether oxygens (including phenoxy) is 1. The molecule has 0 aliphatic carbocycles. The maximum absolute atomic E-state index is 12.7. The molecule has 1 aromatic heterocycles. The van der Waals surface area contributed by atoms with E-state index in [1.165, 1.54) is 6.92 Å². The summed E-state index contributed by atoms with van der Waals surface area (Å²) >= 11 is 0. The van der Waals surface area contributed by atoms with Crippen LogP contribution >= 0.6 is 0 Å². The molecular formula is C24H20N2O4. The molecule has 0 atom stereocenters. The summed E-state index contributed by atoms with van der Waals surface area (Å²) in [5.74, 6) is -1.23. The fraction of sp³-hybridized carbons (Fsp3) is 0.167. The number of aromatic amines is 1. The molecule has 0 unspecified atom stereocenters. The molecule has 1 heterocycles. The van der Waals surface area contributed by atoms with E-state index in [0.29, 0.717) is 33.5 Å². The summed E-state index contributed by atoms with van der Waals surface area (Å²) in [4.78, 5) is 40.0. The maximum atomic E-state index is 12.7. The number of nitrogens with one attached hydrogen (secondary N) is 1. The van der Waals surface area contributed by atoms with Gasteiger partial charge in [0.2, 0.25) is 5.78 Å². The van der Waals surface area contributed by atoms with Crippen LogP contribution in [0.15, 0.2) is 48.5 Å². The molecule has 0 fully saturated rings. The lowest BCUT2D eigenvalue weighted by Crippen LogP contribution is -2.16. The molecule has 0 amide bonds. The zero-order chi connectivity index (χ0) is 21.8. The number of nitrogens with zero attached hydrogens (tertiary/aromatic N) is 1. The van der Waals surface area contributed by atoms with E-state index in [2.05, 4.69) is 11.1 Å². The number of aryl methyl sites for hydroxylation is 1. The van der Waals surface area contributed by atoms with Crippen LogP contribution in [0.5, 0.6) is 0 Å². The number of Topliss-reactive ketones (excluding diaryl/α,β-unsaturated/α-hetero) is 2. The quantitative estimate of drug-likeness (QED) is 0.488. The predicted molar refractivity (Wildman–Crippen MR) is 111 cm³/mol. The number of aromatic nitrogens is 1. The first-order chi connectivity index (χ1) is 14.3. The standard InChI is InChI=1S/C24H20N2O4/c1-14-22(16(3)27)15(2)26-23(14)21(28)13-30-24(29)20-11-7-6-10-19(20)18-9-5-4-8-17(18)12-25/h4-11,26H,13H2,1-3H3. The first kappa shape index (κ1) is 20.7. The van der Waals surface area contributed by atoms with E-state index in [1.54, 1.807) is 62.4 Å². The van der Waals surface area contributed by atoms with E-state index in [9.17, 15) is 19.6 Å². The minimum absolute atomic E-state index is 0.137. The number of esters is 1. The second-order valence-electron chi connectivity index (χ2n) is 6.88. The van der Waals surface area contributed by atoms with Gasteiger partial charge in [0.05, 0.1) is 22.9 Å². The molecule has 0 aliphatic heterocycles. The highest BCUT2D eigenvalue weighted by molar-refractivity contribution is 6.05. The Morgan fingerprint density at radius 3 is 2.27 bits per heavy atom. The number of carbonyl (C=O) groups is 3. The minimum Gasteiger partial charge on any atom is -0.454 e. The number of ketones is 2. The van der Waals surface area contributed by atoms with Gasteiger partial charge >= 0.3 is 5.97 Å². The highest BCUT2D eigenvalue weighted by Crippen LogP contribution is 2.27. The van der Waals surface area contributed by atoms with Gasteiger partial charge < -0.3 is 9.72 Å². The largest absolute Gasteiger partial charge is 0.454 e. The third-order valence-corrected chi connectivity index (χ3v) is 4.89. The summed E-state index contributed by atoms with van der Waals surface area (Å²) in [6, 6.07) is 15.8. The summed E-state index contributed by atoms with van der Waals surface area (Å²) in [7, 11) is 0. The lowest BCUT2D eigenvalue weighted by molar-refractivity contribution is 0.0474. The summed E-state index contributed by atoms with van der Waals surface area (Å²) < 4.78 is 5.27. The van der Waals surface area contributed by atoms with Crippen molar-refractivity contribution in [2.45, 2.75) is 20.8 Å². The summed E-state index contributed by atoms with van der Waals surface area (Å²) in [6.45, 7) is 4.37. The van der Waals surface area contributed by atoms with E-state index < -0.39 is 18.4 Å². The molecule has 0 bridgehead atoms. The Hall–Kier alpha value is -3.98. The zero-order valence-corrected chi connectivity index (χ0v) is 16.9. The minimum atomic E-state index is -0.667. The predicted octanol–water partition coefficient (Wildman–Crippen LogP) is 4.41. The van der Waals surface area contributed by atoms with E-state index in [1.807, 2.05) is 0 Å². The molecule has 0 saturated carbocycles. The topological polar surface area (TPSA) is 100 Å². The fourth-order valence-corrected chi connectivity index (χ4v) is 3.55. The van der Waals surface area contributed by atoms with Gasteiger partial charge in [-0.05, 0) is 44.0 Å². The van der Waals surface area contributed by atoms with Gasteiger partial charge in [0, 0.05) is 16.8 Å². The van der Waals surface area contributed by atoms with Crippen LogP contribution in [0.25, 0.3) is 11.1 Å². The molecule has 0 saturated heterocycles. The molecule has 1 N–H and O–H groups in total. The molecule has 0 radical (unpaired) electrons. The Morgan fingerprint density at radius 2 is 1.63 bits per heavy atom. The summed E-state index contributed by atoms with van der Waals surface area (Å²) in [5, 5.41) is 9.36. The zero-order valence-electron chi connectivity index (χ0n) is 16.9. The molecule has 30 heavy (non-hydrogen) atoms. The van der Waals surface area contributed by atoms with Crippen molar-refractivity contribution in [3.63, 3.8) is 0 Å². The van der Waals surface area contributed by atoms with Crippen LogP contribution < -0.4 is 0 Å². The van der Waals surface area contributed by atoms with Crippen molar-refractivity contribution in [3.05, 3.63) is 82.2 Å². The van der Waals surface area contributed by atoms with Gasteiger partial charge in [-0.1, -0.05) is 36.4 Å². The average molecular weight is 400 g/mol. The Kier molecular flexibility index (Phi) is 5.93. The van der Waals surface area contributed by atoms with Crippen molar-refractivity contribution in [1.82, 2.24) is 4.98 Å². The average Bonchev–Trinajstić information content (AvgIpc) is 3.05. The Morgan fingerprint density at radius 1 is 1.00 bits per heavy atom. The highest BCUT2D eigenvalue weighted by Gasteiger charge is 2.22. The second-order valence-corrected chi connectivity index (χ2v) is 6.88. The van der Waals surface area contributed by atoms with Gasteiger partial charge in [-0.3, -0.25) is 9.59 Å². The number of rotatable bonds is 6. The highest BCUT2D eigenvalue weighted by atomic mass is 16.5. The number of hydrogen-bond acceptors (Lipinski definition) is 5. The lowest BCUT2D eigenvalue weighted by Gasteiger charge is -2.10. The first-order valence-electron chi connectivity index (χ1n) is 9.34. The van der Waals surface area contributed by atoms with Crippen LogP contribution in [0, 0.1) is 25.2 Å². The molecule has 0 spiro atoms. The van der Waals surface area contributed by atoms with Crippen molar-refractivity contribution in [1.29, 1.82) is 5.26 Å². The number of carbonyl (C=O) groups excluding carboxylic acids is 3. The number of nitriles is 1. The van der Waals surface area contributed by atoms with Crippen LogP contribution in [-0.4, -0.2) is 29.1 Å². The van der Waals surface area contributed by atoms with E-state index in [4.69, 9.17) is 4.74 Å². The van der Waals surface area contributed by atoms with E-state index in [0.717, 1.165) is 0 Å². The van der Waals surface area contributed by atoms with Crippen LogP contribution in [0.4, 0.5) is 0 Å². The Labute approximate surface area is 174 Å². The number of H-pyrrole nitrogens is 1. The normalized spacial score (nSPS) is 10.3. The van der Waals surface area contributed by atoms with Gasteiger partial charge in [0.25, 0.3) is 0 Å². The smallest absolute Gasteiger partial charge is 0.339 e. The van der Waals surface area contributed by atoms with E-state index in [-0.39, 0.29) is 17.0 Å². The van der Waals surface area contributed by atoms with Crippen molar-refractivity contribution in [2.24, 2.45) is 0 Å². The molecule has 2 aromatic carbocycles. The number of benzene rings is 2. The second kappa shape index (κ2) is 8.58. The van der Waals surface area contributed by atoms with Gasteiger partial charge in [-0.15, -0.1) is 0 Å². The monoisotopic (exact) mass is 400 g/mol. The Bertz CT molecular complexity index is 1200. The van der Waals surface area contributed by atoms with Crippen molar-refractivity contribution < 1.29 is 19.1 Å². The van der Waals surface area contributed by atoms with Gasteiger partial charge in [-0.2, -0.15) is 5.26 Å². The van der Waals surface area contributed by atoms with Crippen molar-refractivity contribution in [3.8, 4) is 17.2 Å². The first-order valence-corrected chi connectivity index (χ1v) is 9.34. The number of hydrogen-bond donors (Lipinski definition) is 1. The molecule has 6 nitrogen and oxygen atoms in total. The molecule has 150 valence electrons. The van der Waals surface area contributed by atoms with Gasteiger partial charge in [0.15, 0.2) is 12.4 Å². The molecule has 0 aliphatic rings. The van der Waals surface area contributed by atoms with Gasteiger partial charge in [0.1, 0.15) is 0 Å². The summed E-state index contributed by atoms with van der Waals surface area (Å²) in [5.41, 5.74) is 3.74. The fourth-order valence-electron chi connectivity index (χ4n) is 3.55. The van der Waals surface area contributed by atoms with Crippen molar-refractivity contribution >= 4 is 17.5 Å². The van der Waals surface area contributed by atoms with E-state index >= 15 is 0 Å². The third-order valence-electron chi connectivity index (χ3n) is 4.89. The summed E-state index contributed by atoms with van der Waals surface area (Å²) in [6.07, 6.45) is 0. The lowest BCUT2D eigenvalue weighted by atomic mass is 9.96. The SMILES string of the molecule is CC(=O)c1c(C)[nH]c(C(=O)COC(=O)c2ccccc2-c2ccccc2C#N)c1C. The van der Waals surface area contributed by atoms with Crippen LogP contribution in [0.3, 0.4) is 0 Å². The van der Waals surface area contributed by atoms with Crippen molar-refractivity contribution in [2.75, 3.05) is 6.61 Å². The van der Waals surface area contributed by atoms with Crippen LogP contribution in [0.2, 0.25) is 0 Å². The molecule has 6 heteroatoms. The van der Waals surface area contributed by atoms with Gasteiger partial charge in [-0.25, -0.2) is 4.79 Å². The van der Waals surface area contributed by atoms with Crippen LogP contribution in [-0.2, 0) is 4.74 Å².